The van der Waals surface area contributed by atoms with Crippen LogP contribution >= 0.6 is 11.3 Å². The normalized spacial score (nSPS) is 17.6. The van der Waals surface area contributed by atoms with Gasteiger partial charge >= 0.3 is 0 Å². The number of aromatic nitrogens is 4. The third kappa shape index (κ3) is 4.40. The number of amides is 1. The molecule has 1 aliphatic heterocycles. The van der Waals surface area contributed by atoms with Crippen molar-refractivity contribution >= 4 is 22.9 Å². The highest BCUT2D eigenvalue weighted by atomic mass is 32.1. The van der Waals surface area contributed by atoms with E-state index < -0.39 is 0 Å². The first-order valence-corrected chi connectivity index (χ1v) is 11.5. The zero-order valence-corrected chi connectivity index (χ0v) is 18.7. The molecular weight excluding hydrogens is 422 g/mol. The smallest absolute Gasteiger partial charge is 0.253 e. The number of nitrogens with one attached hydrogen (secondary N) is 1. The molecule has 0 radical (unpaired) electrons. The van der Waals surface area contributed by atoms with Gasteiger partial charge in [-0.1, -0.05) is 12.1 Å². The summed E-state index contributed by atoms with van der Waals surface area (Å²) in [7, 11) is 2.11. The minimum atomic E-state index is -0.103. The van der Waals surface area contributed by atoms with E-state index in [9.17, 15) is 4.79 Å². The highest BCUT2D eigenvalue weighted by Crippen LogP contribution is 2.24. The Hall–Kier alpha value is -3.14. The molecule has 32 heavy (non-hydrogen) atoms. The van der Waals surface area contributed by atoms with Gasteiger partial charge in [0.1, 0.15) is 0 Å². The molecule has 1 N–H and O–H groups in total. The molecule has 4 aromatic rings. The minimum Gasteiger partial charge on any atom is -0.347 e. The number of carbonyl (C=O) groups is 1. The molecule has 1 amide bonds. The molecular formula is C23H25N7OS. The van der Waals surface area contributed by atoms with Crippen LogP contribution in [0.25, 0.3) is 5.65 Å². The van der Waals surface area contributed by atoms with Crippen molar-refractivity contribution in [3.63, 3.8) is 0 Å². The molecule has 0 saturated carbocycles. The van der Waals surface area contributed by atoms with Crippen LogP contribution < -0.4 is 5.32 Å². The number of thiophene rings is 1. The molecule has 9 heteroatoms. The first-order valence-electron chi connectivity index (χ1n) is 10.6. The van der Waals surface area contributed by atoms with Crippen LogP contribution in [0.1, 0.15) is 32.8 Å². The van der Waals surface area contributed by atoms with Gasteiger partial charge in [-0.25, -0.2) is 0 Å². The molecule has 0 bridgehead atoms. The van der Waals surface area contributed by atoms with Crippen molar-refractivity contribution in [2.75, 3.05) is 26.7 Å². The molecule has 0 aromatic carbocycles. The van der Waals surface area contributed by atoms with Crippen molar-refractivity contribution in [2.45, 2.75) is 19.1 Å². The van der Waals surface area contributed by atoms with Gasteiger partial charge in [0.2, 0.25) is 0 Å². The van der Waals surface area contributed by atoms with Crippen molar-refractivity contribution in [1.82, 2.24) is 34.7 Å². The second-order valence-corrected chi connectivity index (χ2v) is 9.05. The molecule has 8 nitrogen and oxygen atoms in total. The van der Waals surface area contributed by atoms with Crippen LogP contribution in [0.2, 0.25) is 0 Å². The molecule has 5 rings (SSSR count). The van der Waals surface area contributed by atoms with E-state index >= 15 is 0 Å². The summed E-state index contributed by atoms with van der Waals surface area (Å²) in [6, 6.07) is 13.7. The van der Waals surface area contributed by atoms with E-state index in [4.69, 9.17) is 0 Å². The van der Waals surface area contributed by atoms with Crippen molar-refractivity contribution in [2.24, 2.45) is 0 Å². The van der Waals surface area contributed by atoms with Crippen LogP contribution in [0.3, 0.4) is 0 Å². The topological polar surface area (TPSA) is 78.7 Å². The maximum atomic E-state index is 12.7. The van der Waals surface area contributed by atoms with Crippen molar-refractivity contribution in [3.05, 3.63) is 82.2 Å². The molecule has 0 spiro atoms. The van der Waals surface area contributed by atoms with Crippen molar-refractivity contribution in [1.29, 1.82) is 0 Å². The monoisotopic (exact) mass is 447 g/mol. The summed E-state index contributed by atoms with van der Waals surface area (Å²) in [5, 5.41) is 13.8. The fourth-order valence-corrected chi connectivity index (χ4v) is 4.67. The van der Waals surface area contributed by atoms with Crippen molar-refractivity contribution in [3.8, 4) is 0 Å². The van der Waals surface area contributed by atoms with E-state index in [1.807, 2.05) is 52.5 Å². The summed E-state index contributed by atoms with van der Waals surface area (Å²) >= 11 is 1.63. The predicted octanol–water partition coefficient (Wildman–Crippen LogP) is 2.60. The number of fused-ring (bicyclic) bond motifs is 1. The largest absolute Gasteiger partial charge is 0.347 e. The Labute approximate surface area is 190 Å². The Morgan fingerprint density at radius 1 is 1.16 bits per heavy atom. The molecule has 0 unspecified atom stereocenters. The van der Waals surface area contributed by atoms with Gasteiger partial charge in [-0.15, -0.1) is 21.5 Å². The van der Waals surface area contributed by atoms with Crippen LogP contribution in [-0.4, -0.2) is 62.0 Å². The Morgan fingerprint density at radius 3 is 2.91 bits per heavy atom. The van der Waals surface area contributed by atoms with Crippen LogP contribution in [0.4, 0.5) is 0 Å². The van der Waals surface area contributed by atoms with E-state index in [0.717, 1.165) is 48.2 Å². The quantitative estimate of drug-likeness (QED) is 0.490. The molecule has 1 aliphatic rings. The summed E-state index contributed by atoms with van der Waals surface area (Å²) in [5.41, 5.74) is 2.40. The second kappa shape index (κ2) is 9.15. The molecule has 164 valence electrons. The first kappa shape index (κ1) is 20.7. The predicted molar refractivity (Wildman–Crippen MR) is 123 cm³/mol. The molecule has 5 heterocycles. The van der Waals surface area contributed by atoms with Crippen LogP contribution in [0.15, 0.2) is 60.2 Å². The molecule has 4 aromatic heterocycles. The number of carbonyl (C=O) groups excluding carboxylic acids is 1. The fraction of sp³-hybridized carbons (Fsp3) is 0.304. The third-order valence-corrected chi connectivity index (χ3v) is 6.71. The summed E-state index contributed by atoms with van der Waals surface area (Å²) < 4.78 is 1.95. The Morgan fingerprint density at radius 2 is 2.09 bits per heavy atom. The Balaban J connectivity index is 1.35. The molecule has 0 aliphatic carbocycles. The third-order valence-electron chi connectivity index (χ3n) is 5.84. The SMILES string of the molecule is CN1CCN(Cc2ccccn2)C[C@H]1c1nnc2ccc(C(=O)NCc3cccs3)cn12. The van der Waals surface area contributed by atoms with Gasteiger partial charge in [0.05, 0.1) is 23.8 Å². The van der Waals surface area contributed by atoms with Gasteiger partial charge in [0, 0.05) is 43.4 Å². The van der Waals surface area contributed by atoms with Crippen LogP contribution in [0, 0.1) is 0 Å². The Bertz CT molecular complexity index is 1190. The van der Waals surface area contributed by atoms with Crippen LogP contribution in [0.5, 0.6) is 0 Å². The second-order valence-electron chi connectivity index (χ2n) is 8.02. The summed E-state index contributed by atoms with van der Waals surface area (Å²) in [6.07, 6.45) is 3.68. The van der Waals surface area contributed by atoms with Gasteiger partial charge in [-0.2, -0.15) is 0 Å². The number of rotatable bonds is 6. The van der Waals surface area contributed by atoms with E-state index in [2.05, 4.69) is 43.4 Å². The zero-order chi connectivity index (χ0) is 21.9. The minimum absolute atomic E-state index is 0.0758. The lowest BCUT2D eigenvalue weighted by molar-refractivity contribution is 0.0844. The molecule has 1 saturated heterocycles. The lowest BCUT2D eigenvalue weighted by Crippen LogP contribution is -2.46. The van der Waals surface area contributed by atoms with Gasteiger partial charge in [0.15, 0.2) is 11.5 Å². The number of pyridine rings is 2. The highest BCUT2D eigenvalue weighted by molar-refractivity contribution is 7.09. The number of hydrogen-bond donors (Lipinski definition) is 1. The molecule has 1 atom stereocenters. The van der Waals surface area contributed by atoms with Gasteiger partial charge in [0.25, 0.3) is 5.91 Å². The average Bonchev–Trinajstić information content (AvgIpc) is 3.49. The summed E-state index contributed by atoms with van der Waals surface area (Å²) in [6.45, 7) is 4.04. The molecule has 1 fully saturated rings. The highest BCUT2D eigenvalue weighted by Gasteiger charge is 2.29. The average molecular weight is 448 g/mol. The standard InChI is InChI=1S/C23H25N7OS/c1-28-10-11-29(15-18-5-2-3-9-24-18)16-20(28)22-27-26-21-8-7-17(14-30(21)22)23(31)25-13-19-6-4-12-32-19/h2-9,12,14,20H,10-11,13,15-16H2,1H3,(H,25,31)/t20-/m0/s1. The lowest BCUT2D eigenvalue weighted by Gasteiger charge is -2.38. The van der Waals surface area contributed by atoms with E-state index in [0.29, 0.717) is 12.1 Å². The number of hydrogen-bond acceptors (Lipinski definition) is 7. The van der Waals surface area contributed by atoms with Gasteiger partial charge in [-0.3, -0.25) is 24.0 Å². The van der Waals surface area contributed by atoms with Crippen molar-refractivity contribution < 1.29 is 4.79 Å². The maximum absolute atomic E-state index is 12.7. The number of piperazine rings is 1. The number of nitrogens with zero attached hydrogens (tertiary/aromatic N) is 6. The fourth-order valence-electron chi connectivity index (χ4n) is 4.03. The number of likely N-dealkylation sites (N-methyl/N-ethyl adjacent to an activating group) is 1. The lowest BCUT2D eigenvalue weighted by atomic mass is 10.1. The zero-order valence-electron chi connectivity index (χ0n) is 17.9. The van der Waals surface area contributed by atoms with Gasteiger partial charge < -0.3 is 5.32 Å². The van der Waals surface area contributed by atoms with Crippen LogP contribution in [-0.2, 0) is 13.1 Å². The van der Waals surface area contributed by atoms with E-state index in [1.165, 1.54) is 0 Å². The maximum Gasteiger partial charge on any atom is 0.253 e. The summed E-state index contributed by atoms with van der Waals surface area (Å²) in [5.74, 6) is 0.745. The first-order chi connectivity index (χ1) is 15.7. The summed E-state index contributed by atoms with van der Waals surface area (Å²) in [4.78, 5) is 23.0. The van der Waals surface area contributed by atoms with E-state index in [-0.39, 0.29) is 11.9 Å². The Kier molecular flexibility index (Phi) is 5.93. The van der Waals surface area contributed by atoms with Gasteiger partial charge in [-0.05, 0) is 42.8 Å². The van der Waals surface area contributed by atoms with E-state index in [1.54, 1.807) is 17.4 Å².